The Morgan fingerprint density at radius 1 is 1.18 bits per heavy atom. The normalized spacial score (nSPS) is 13.1. The van der Waals surface area contributed by atoms with Crippen LogP contribution in [0.1, 0.15) is 32.8 Å². The molecule has 0 aliphatic heterocycles. The van der Waals surface area contributed by atoms with Crippen LogP contribution in [0.15, 0.2) is 29.2 Å². The van der Waals surface area contributed by atoms with Crippen LogP contribution in [0.2, 0.25) is 0 Å². The molecule has 0 heterocycles. The fourth-order valence-electron chi connectivity index (χ4n) is 1.71. The van der Waals surface area contributed by atoms with E-state index in [1.54, 1.807) is 19.1 Å². The number of hydrogen-bond donors (Lipinski definition) is 3. The maximum atomic E-state index is 12.0. The summed E-state index contributed by atoms with van der Waals surface area (Å²) in [6.45, 7) is 6.40. The summed E-state index contributed by atoms with van der Waals surface area (Å²) < 4.78 is 26.6. The Kier molecular flexibility index (Phi) is 6.99. The van der Waals surface area contributed by atoms with Crippen LogP contribution >= 0.6 is 0 Å². The summed E-state index contributed by atoms with van der Waals surface area (Å²) in [7, 11) is -3.47. The van der Waals surface area contributed by atoms with Crippen LogP contribution in [0.25, 0.3) is 0 Å². The predicted molar refractivity (Wildman–Crippen MR) is 86.6 cm³/mol. The smallest absolute Gasteiger partial charge is 0.240 e. The van der Waals surface area contributed by atoms with E-state index < -0.39 is 10.0 Å². The van der Waals surface area contributed by atoms with Crippen LogP contribution in [-0.2, 0) is 21.4 Å². The monoisotopic (exact) mass is 327 g/mol. The minimum atomic E-state index is -3.47. The van der Waals surface area contributed by atoms with Gasteiger partial charge in [0, 0.05) is 25.6 Å². The second kappa shape index (κ2) is 8.26. The quantitative estimate of drug-likeness (QED) is 0.662. The highest BCUT2D eigenvalue weighted by Gasteiger charge is 2.14. The van der Waals surface area contributed by atoms with Crippen LogP contribution < -0.4 is 15.8 Å². The molecule has 0 aliphatic rings. The number of nitrogens with two attached hydrogens (primary N) is 1. The highest BCUT2D eigenvalue weighted by atomic mass is 32.2. The average Bonchev–Trinajstić information content (AvgIpc) is 2.43. The molecule has 124 valence electrons. The molecule has 0 aliphatic carbocycles. The Bertz CT molecular complexity index is 581. The Morgan fingerprint density at radius 3 is 2.27 bits per heavy atom. The minimum Gasteiger partial charge on any atom is -0.352 e. The fourth-order valence-corrected chi connectivity index (χ4v) is 2.93. The standard InChI is InChI=1S/C15H25N3O3S/c1-11(2)9-18-22(20,21)14-6-4-13(5-7-14)10-17-15(19)8-12(3)16/h4-7,11-12,18H,8-10,16H2,1-3H3,(H,17,19). The lowest BCUT2D eigenvalue weighted by atomic mass is 10.2. The number of carbonyl (C=O) groups is 1. The molecular formula is C15H25N3O3S. The summed E-state index contributed by atoms with van der Waals surface area (Å²) in [6, 6.07) is 6.27. The summed E-state index contributed by atoms with van der Waals surface area (Å²) in [6.07, 6.45) is 0.269. The zero-order valence-corrected chi connectivity index (χ0v) is 14.1. The zero-order valence-electron chi connectivity index (χ0n) is 13.3. The summed E-state index contributed by atoms with van der Waals surface area (Å²) in [5.74, 6) is 0.125. The summed E-state index contributed by atoms with van der Waals surface area (Å²) in [5, 5.41) is 2.74. The van der Waals surface area contributed by atoms with Crippen molar-refractivity contribution in [2.24, 2.45) is 11.7 Å². The van der Waals surface area contributed by atoms with Gasteiger partial charge in [0.15, 0.2) is 0 Å². The van der Waals surface area contributed by atoms with Gasteiger partial charge in [-0.3, -0.25) is 4.79 Å². The van der Waals surface area contributed by atoms with Crippen LogP contribution in [0.3, 0.4) is 0 Å². The molecule has 6 nitrogen and oxygen atoms in total. The van der Waals surface area contributed by atoms with Gasteiger partial charge in [-0.2, -0.15) is 0 Å². The highest BCUT2D eigenvalue weighted by molar-refractivity contribution is 7.89. The molecule has 1 unspecified atom stereocenters. The van der Waals surface area contributed by atoms with E-state index in [1.807, 2.05) is 13.8 Å². The Hall–Kier alpha value is -1.44. The summed E-state index contributed by atoms with van der Waals surface area (Å²) in [4.78, 5) is 11.7. The molecule has 0 bridgehead atoms. The van der Waals surface area contributed by atoms with Gasteiger partial charge in [-0.15, -0.1) is 0 Å². The third-order valence-corrected chi connectivity index (χ3v) is 4.35. The molecule has 1 aromatic rings. The first kappa shape index (κ1) is 18.6. The predicted octanol–water partition coefficient (Wildman–Crippen LogP) is 0.974. The van der Waals surface area contributed by atoms with Crippen molar-refractivity contribution in [1.29, 1.82) is 0 Å². The van der Waals surface area contributed by atoms with E-state index in [-0.39, 0.29) is 29.2 Å². The SMILES string of the molecule is CC(C)CNS(=O)(=O)c1ccc(CNC(=O)CC(C)N)cc1. The van der Waals surface area contributed by atoms with Crippen molar-refractivity contribution in [2.75, 3.05) is 6.54 Å². The molecule has 7 heteroatoms. The molecule has 0 radical (unpaired) electrons. The molecule has 0 aromatic heterocycles. The maximum absolute atomic E-state index is 12.0. The summed E-state index contributed by atoms with van der Waals surface area (Å²) >= 11 is 0. The van der Waals surface area contributed by atoms with Crippen molar-refractivity contribution in [2.45, 2.75) is 44.7 Å². The van der Waals surface area contributed by atoms with E-state index in [4.69, 9.17) is 5.73 Å². The van der Waals surface area contributed by atoms with E-state index in [0.717, 1.165) is 5.56 Å². The van der Waals surface area contributed by atoms with Gasteiger partial charge in [0.05, 0.1) is 4.90 Å². The Labute approximate surface area is 132 Å². The van der Waals surface area contributed by atoms with E-state index in [9.17, 15) is 13.2 Å². The van der Waals surface area contributed by atoms with Gasteiger partial charge in [0.2, 0.25) is 15.9 Å². The van der Waals surface area contributed by atoms with Gasteiger partial charge in [0.1, 0.15) is 0 Å². The van der Waals surface area contributed by atoms with E-state index in [0.29, 0.717) is 13.1 Å². The lowest BCUT2D eigenvalue weighted by molar-refractivity contribution is -0.121. The second-order valence-corrected chi connectivity index (χ2v) is 7.61. The first-order chi connectivity index (χ1) is 10.2. The largest absolute Gasteiger partial charge is 0.352 e. The number of benzene rings is 1. The van der Waals surface area contributed by atoms with Crippen LogP contribution in [-0.4, -0.2) is 26.9 Å². The molecule has 1 aromatic carbocycles. The lowest BCUT2D eigenvalue weighted by Gasteiger charge is -2.10. The van der Waals surface area contributed by atoms with Crippen molar-refractivity contribution in [1.82, 2.24) is 10.0 Å². The molecular weight excluding hydrogens is 302 g/mol. The minimum absolute atomic E-state index is 0.120. The lowest BCUT2D eigenvalue weighted by Crippen LogP contribution is -2.29. The topological polar surface area (TPSA) is 101 Å². The van der Waals surface area contributed by atoms with Gasteiger partial charge in [0.25, 0.3) is 0 Å². The fraction of sp³-hybridized carbons (Fsp3) is 0.533. The molecule has 4 N–H and O–H groups in total. The Morgan fingerprint density at radius 2 is 1.77 bits per heavy atom. The third kappa shape index (κ3) is 6.55. The van der Waals surface area contributed by atoms with Crippen molar-refractivity contribution >= 4 is 15.9 Å². The Balaban J connectivity index is 2.61. The van der Waals surface area contributed by atoms with Gasteiger partial charge in [-0.05, 0) is 30.5 Å². The molecule has 0 saturated heterocycles. The number of sulfonamides is 1. The molecule has 1 rings (SSSR count). The number of carbonyl (C=O) groups excluding carboxylic acids is 1. The molecule has 0 saturated carbocycles. The highest BCUT2D eigenvalue weighted by Crippen LogP contribution is 2.11. The molecule has 1 amide bonds. The van der Waals surface area contributed by atoms with Gasteiger partial charge in [-0.25, -0.2) is 13.1 Å². The average molecular weight is 327 g/mol. The van der Waals surface area contributed by atoms with E-state index in [2.05, 4.69) is 10.0 Å². The zero-order chi connectivity index (χ0) is 16.8. The second-order valence-electron chi connectivity index (χ2n) is 5.85. The van der Waals surface area contributed by atoms with Crippen LogP contribution in [0, 0.1) is 5.92 Å². The van der Waals surface area contributed by atoms with Crippen molar-refractivity contribution in [3.05, 3.63) is 29.8 Å². The summed E-state index contributed by atoms with van der Waals surface area (Å²) in [5.41, 5.74) is 6.38. The molecule has 1 atom stereocenters. The van der Waals surface area contributed by atoms with Crippen molar-refractivity contribution < 1.29 is 13.2 Å². The molecule has 0 spiro atoms. The van der Waals surface area contributed by atoms with Crippen molar-refractivity contribution in [3.63, 3.8) is 0 Å². The first-order valence-electron chi connectivity index (χ1n) is 7.31. The van der Waals surface area contributed by atoms with E-state index >= 15 is 0 Å². The van der Waals surface area contributed by atoms with Crippen LogP contribution in [0.4, 0.5) is 0 Å². The maximum Gasteiger partial charge on any atom is 0.240 e. The van der Waals surface area contributed by atoms with Gasteiger partial charge in [-0.1, -0.05) is 26.0 Å². The third-order valence-electron chi connectivity index (χ3n) is 2.91. The van der Waals surface area contributed by atoms with E-state index in [1.165, 1.54) is 12.1 Å². The number of nitrogens with one attached hydrogen (secondary N) is 2. The number of rotatable bonds is 8. The van der Waals surface area contributed by atoms with Gasteiger partial charge < -0.3 is 11.1 Å². The van der Waals surface area contributed by atoms with Crippen LogP contribution in [0.5, 0.6) is 0 Å². The van der Waals surface area contributed by atoms with Gasteiger partial charge >= 0.3 is 0 Å². The molecule has 22 heavy (non-hydrogen) atoms. The van der Waals surface area contributed by atoms with Crippen molar-refractivity contribution in [3.8, 4) is 0 Å². The number of hydrogen-bond acceptors (Lipinski definition) is 4. The molecule has 0 fully saturated rings. The number of amides is 1. The first-order valence-corrected chi connectivity index (χ1v) is 8.80.